The maximum absolute atomic E-state index is 10.8. The maximum atomic E-state index is 10.8. The van der Waals surface area contributed by atoms with Crippen LogP contribution in [0.15, 0.2) is 6.07 Å². The Morgan fingerprint density at radius 3 is 2.56 bits per heavy atom. The lowest BCUT2D eigenvalue weighted by Gasteiger charge is -2.17. The predicted molar refractivity (Wildman–Crippen MR) is 66.9 cm³/mol. The Kier molecular flexibility index (Phi) is 4.50. The van der Waals surface area contributed by atoms with Crippen LogP contribution in [0.3, 0.4) is 0 Å². The molecule has 3 nitrogen and oxygen atoms in total. The van der Waals surface area contributed by atoms with Gasteiger partial charge in [-0.15, -0.1) is 11.3 Å². The van der Waals surface area contributed by atoms with Crippen LogP contribution in [0, 0.1) is 19.8 Å². The lowest BCUT2D eigenvalue weighted by molar-refractivity contribution is -0.141. The first kappa shape index (κ1) is 13.2. The van der Waals surface area contributed by atoms with Crippen molar-refractivity contribution in [2.24, 2.45) is 5.92 Å². The second-order valence-corrected chi connectivity index (χ2v) is 5.59. The highest BCUT2D eigenvalue weighted by Gasteiger charge is 2.18. The van der Waals surface area contributed by atoms with E-state index >= 15 is 0 Å². The first-order valence-corrected chi connectivity index (χ1v) is 6.25. The van der Waals surface area contributed by atoms with Gasteiger partial charge in [0.2, 0.25) is 0 Å². The quantitative estimate of drug-likeness (QED) is 0.833. The van der Waals surface area contributed by atoms with Crippen LogP contribution >= 0.6 is 11.3 Å². The molecule has 0 aliphatic heterocycles. The molecule has 0 saturated carbocycles. The van der Waals surface area contributed by atoms with E-state index in [4.69, 9.17) is 5.11 Å². The zero-order valence-corrected chi connectivity index (χ0v) is 11.0. The van der Waals surface area contributed by atoms with Crippen molar-refractivity contribution in [2.45, 2.75) is 40.3 Å². The molecule has 0 spiro atoms. The van der Waals surface area contributed by atoms with E-state index in [9.17, 15) is 4.79 Å². The molecule has 0 saturated heterocycles. The lowest BCUT2D eigenvalue weighted by atomic mass is 10.0. The SMILES string of the molecule is Cc1cc(CNC(C)C(C)C(=O)O)sc1C. The van der Waals surface area contributed by atoms with E-state index in [0.29, 0.717) is 0 Å². The minimum atomic E-state index is -0.751. The zero-order chi connectivity index (χ0) is 12.3. The normalized spacial score (nSPS) is 14.8. The van der Waals surface area contributed by atoms with Crippen LogP contribution in [0.2, 0.25) is 0 Å². The van der Waals surface area contributed by atoms with Gasteiger partial charge in [-0.05, 0) is 32.4 Å². The topological polar surface area (TPSA) is 49.3 Å². The third kappa shape index (κ3) is 3.32. The summed E-state index contributed by atoms with van der Waals surface area (Å²) in [5.41, 5.74) is 1.31. The van der Waals surface area contributed by atoms with Crippen molar-refractivity contribution in [3.8, 4) is 0 Å². The summed E-state index contributed by atoms with van der Waals surface area (Å²) >= 11 is 1.77. The van der Waals surface area contributed by atoms with Gasteiger partial charge in [0.1, 0.15) is 0 Å². The van der Waals surface area contributed by atoms with Gasteiger partial charge in [-0.1, -0.05) is 6.92 Å². The predicted octanol–water partition coefficient (Wildman–Crippen LogP) is 2.56. The summed E-state index contributed by atoms with van der Waals surface area (Å²) in [5, 5.41) is 12.1. The number of nitrogens with one attached hydrogen (secondary N) is 1. The van der Waals surface area contributed by atoms with Crippen molar-refractivity contribution in [1.29, 1.82) is 0 Å². The number of rotatable bonds is 5. The number of thiophene rings is 1. The fourth-order valence-corrected chi connectivity index (χ4v) is 2.39. The third-order valence-electron chi connectivity index (χ3n) is 2.95. The van der Waals surface area contributed by atoms with E-state index in [1.807, 2.05) is 6.92 Å². The Hall–Kier alpha value is -0.870. The van der Waals surface area contributed by atoms with Gasteiger partial charge in [0, 0.05) is 22.3 Å². The van der Waals surface area contributed by atoms with Crippen molar-refractivity contribution < 1.29 is 9.90 Å². The van der Waals surface area contributed by atoms with Crippen molar-refractivity contribution in [3.63, 3.8) is 0 Å². The van der Waals surface area contributed by atoms with Gasteiger partial charge in [-0.3, -0.25) is 4.79 Å². The highest BCUT2D eigenvalue weighted by atomic mass is 32.1. The van der Waals surface area contributed by atoms with Gasteiger partial charge in [-0.25, -0.2) is 0 Å². The van der Waals surface area contributed by atoms with Gasteiger partial charge in [0.25, 0.3) is 0 Å². The summed E-state index contributed by atoms with van der Waals surface area (Å²) in [6.07, 6.45) is 0. The third-order valence-corrected chi connectivity index (χ3v) is 4.11. The Balaban J connectivity index is 2.48. The second-order valence-electron chi connectivity index (χ2n) is 4.25. The number of carboxylic acid groups (broad SMARTS) is 1. The van der Waals surface area contributed by atoms with E-state index in [1.54, 1.807) is 18.3 Å². The molecule has 0 bridgehead atoms. The summed E-state index contributed by atoms with van der Waals surface area (Å²) in [6.45, 7) is 8.58. The molecule has 0 aliphatic carbocycles. The minimum absolute atomic E-state index is 0.0137. The number of carboxylic acids is 1. The average Bonchev–Trinajstić information content (AvgIpc) is 2.53. The van der Waals surface area contributed by atoms with Crippen LogP contribution < -0.4 is 5.32 Å². The molecule has 0 radical (unpaired) electrons. The monoisotopic (exact) mass is 241 g/mol. The molecule has 2 unspecified atom stereocenters. The van der Waals surface area contributed by atoms with E-state index in [0.717, 1.165) is 6.54 Å². The van der Waals surface area contributed by atoms with Crippen molar-refractivity contribution in [1.82, 2.24) is 5.32 Å². The summed E-state index contributed by atoms with van der Waals surface area (Å²) < 4.78 is 0. The molecule has 2 atom stereocenters. The highest BCUT2D eigenvalue weighted by molar-refractivity contribution is 7.12. The summed E-state index contributed by atoms with van der Waals surface area (Å²) in [7, 11) is 0. The smallest absolute Gasteiger partial charge is 0.307 e. The molecule has 4 heteroatoms. The largest absolute Gasteiger partial charge is 0.481 e. The van der Waals surface area contributed by atoms with Crippen LogP contribution in [0.5, 0.6) is 0 Å². The van der Waals surface area contributed by atoms with Crippen molar-refractivity contribution in [2.75, 3.05) is 0 Å². The van der Waals surface area contributed by atoms with Gasteiger partial charge in [0.15, 0.2) is 0 Å². The molecule has 1 heterocycles. The van der Waals surface area contributed by atoms with Crippen LogP contribution in [0.1, 0.15) is 29.2 Å². The standard InChI is InChI=1S/C12H19NO2S/c1-7-5-11(16-10(7)4)6-13-9(3)8(2)12(14)15/h5,8-9,13H,6H2,1-4H3,(H,14,15). The summed E-state index contributed by atoms with van der Waals surface area (Å²) in [6, 6.07) is 2.14. The van der Waals surface area contributed by atoms with E-state index in [-0.39, 0.29) is 12.0 Å². The van der Waals surface area contributed by atoms with E-state index < -0.39 is 5.97 Å². The van der Waals surface area contributed by atoms with Gasteiger partial charge in [0.05, 0.1) is 5.92 Å². The van der Waals surface area contributed by atoms with Crippen LogP contribution in [-0.2, 0) is 11.3 Å². The second kappa shape index (κ2) is 5.46. The van der Waals surface area contributed by atoms with Crippen LogP contribution in [0.4, 0.5) is 0 Å². The van der Waals surface area contributed by atoms with E-state index in [2.05, 4.69) is 25.2 Å². The van der Waals surface area contributed by atoms with Crippen LogP contribution in [-0.4, -0.2) is 17.1 Å². The molecule has 0 aliphatic rings. The molecule has 0 aromatic carbocycles. The highest BCUT2D eigenvalue weighted by Crippen LogP contribution is 2.20. The number of hydrogen-bond donors (Lipinski definition) is 2. The Morgan fingerprint density at radius 1 is 1.50 bits per heavy atom. The Labute approximate surface area is 100 Å². The van der Waals surface area contributed by atoms with Crippen LogP contribution in [0.25, 0.3) is 0 Å². The zero-order valence-electron chi connectivity index (χ0n) is 10.2. The lowest BCUT2D eigenvalue weighted by Crippen LogP contribution is -2.35. The van der Waals surface area contributed by atoms with E-state index in [1.165, 1.54) is 15.3 Å². The molecule has 1 rings (SSSR count). The summed E-state index contributed by atoms with van der Waals surface area (Å²) in [4.78, 5) is 13.4. The molecule has 2 N–H and O–H groups in total. The minimum Gasteiger partial charge on any atom is -0.481 e. The fraction of sp³-hybridized carbons (Fsp3) is 0.583. The summed E-state index contributed by atoms with van der Waals surface area (Å²) in [5.74, 6) is -1.11. The Morgan fingerprint density at radius 2 is 2.12 bits per heavy atom. The molecule has 90 valence electrons. The Bertz CT molecular complexity index is 354. The van der Waals surface area contributed by atoms with Gasteiger partial charge >= 0.3 is 5.97 Å². The number of carbonyl (C=O) groups is 1. The maximum Gasteiger partial charge on any atom is 0.307 e. The number of aliphatic carboxylic acids is 1. The number of hydrogen-bond acceptors (Lipinski definition) is 3. The van der Waals surface area contributed by atoms with Gasteiger partial charge in [-0.2, -0.15) is 0 Å². The molecular weight excluding hydrogens is 222 g/mol. The molecular formula is C12H19NO2S. The fourth-order valence-electron chi connectivity index (χ4n) is 1.39. The van der Waals surface area contributed by atoms with Crippen molar-refractivity contribution >= 4 is 17.3 Å². The van der Waals surface area contributed by atoms with Crippen molar-refractivity contribution in [3.05, 3.63) is 21.4 Å². The first-order chi connectivity index (χ1) is 7.41. The van der Waals surface area contributed by atoms with Gasteiger partial charge < -0.3 is 10.4 Å². The molecule has 0 amide bonds. The first-order valence-electron chi connectivity index (χ1n) is 5.44. The molecule has 0 fully saturated rings. The molecule has 16 heavy (non-hydrogen) atoms. The molecule has 1 aromatic rings. The molecule has 1 aromatic heterocycles. The average molecular weight is 241 g/mol. The number of aryl methyl sites for hydroxylation is 2.